The third-order valence-electron chi connectivity index (χ3n) is 4.43. The largest absolute Gasteiger partial charge is 0.306 e. The topological polar surface area (TPSA) is 20.3 Å². The maximum atomic E-state index is 10.7. The second kappa shape index (κ2) is 6.34. The minimum atomic E-state index is 0.350. The number of carbonyl (C=O) groups excluding carboxylic acids is 1. The van der Waals surface area contributed by atoms with Crippen molar-refractivity contribution in [2.75, 3.05) is 20.1 Å². The summed E-state index contributed by atoms with van der Waals surface area (Å²) in [4.78, 5) is 13.1. The van der Waals surface area contributed by atoms with Gasteiger partial charge in [0.05, 0.1) is 0 Å². The fourth-order valence-electron chi connectivity index (χ4n) is 3.01. The van der Waals surface area contributed by atoms with E-state index in [0.29, 0.717) is 5.92 Å². The minimum absolute atomic E-state index is 0.350. The van der Waals surface area contributed by atoms with Crippen LogP contribution in [0.4, 0.5) is 0 Å². The summed E-state index contributed by atoms with van der Waals surface area (Å²) in [5.74, 6) is 1.89. The van der Waals surface area contributed by atoms with Crippen molar-refractivity contribution < 1.29 is 4.79 Å². The van der Waals surface area contributed by atoms with Crippen molar-refractivity contribution in [3.8, 4) is 0 Å². The predicted octanol–water partition coefficient (Wildman–Crippen LogP) is 2.89. The smallest absolute Gasteiger partial charge is 0.123 e. The number of hydrogen-bond donors (Lipinski definition) is 0. The molecule has 0 bridgehead atoms. The van der Waals surface area contributed by atoms with Crippen LogP contribution in [-0.4, -0.2) is 31.3 Å². The standard InChI is InChI=1S/C15H25NO/c1-16-10-8-14(9-11-16)3-2-13-4-6-15(12-17)7-5-13/h2-3,12-15H,4-11H2,1H3. The number of nitrogens with zero attached hydrogens (tertiary/aromatic N) is 1. The fourth-order valence-corrected chi connectivity index (χ4v) is 3.01. The molecule has 0 N–H and O–H groups in total. The Labute approximate surface area is 105 Å². The summed E-state index contributed by atoms with van der Waals surface area (Å²) in [6, 6.07) is 0. The molecule has 0 radical (unpaired) electrons. The maximum absolute atomic E-state index is 10.7. The summed E-state index contributed by atoms with van der Waals surface area (Å²) in [6.07, 6.45) is 13.3. The van der Waals surface area contributed by atoms with Gasteiger partial charge in [-0.25, -0.2) is 0 Å². The van der Waals surface area contributed by atoms with Crippen LogP contribution in [0.25, 0.3) is 0 Å². The maximum Gasteiger partial charge on any atom is 0.123 e. The van der Waals surface area contributed by atoms with Crippen molar-refractivity contribution in [2.24, 2.45) is 17.8 Å². The summed E-state index contributed by atoms with van der Waals surface area (Å²) >= 11 is 0. The predicted molar refractivity (Wildman–Crippen MR) is 70.9 cm³/mol. The lowest BCUT2D eigenvalue weighted by molar-refractivity contribution is -0.112. The molecule has 0 atom stereocenters. The summed E-state index contributed by atoms with van der Waals surface area (Å²) in [5.41, 5.74) is 0. The van der Waals surface area contributed by atoms with Gasteiger partial charge in [0.1, 0.15) is 6.29 Å². The van der Waals surface area contributed by atoms with E-state index < -0.39 is 0 Å². The van der Waals surface area contributed by atoms with Gasteiger partial charge in [-0.05, 0) is 70.5 Å². The zero-order chi connectivity index (χ0) is 12.1. The highest BCUT2D eigenvalue weighted by molar-refractivity contribution is 5.53. The Balaban J connectivity index is 1.72. The minimum Gasteiger partial charge on any atom is -0.306 e. The molecule has 2 heteroatoms. The molecule has 1 heterocycles. The number of hydrogen-bond acceptors (Lipinski definition) is 2. The molecule has 1 saturated carbocycles. The van der Waals surface area contributed by atoms with E-state index in [1.165, 1.54) is 38.8 Å². The molecular weight excluding hydrogens is 210 g/mol. The fraction of sp³-hybridized carbons (Fsp3) is 0.800. The van der Waals surface area contributed by atoms with Crippen molar-refractivity contribution in [3.63, 3.8) is 0 Å². The van der Waals surface area contributed by atoms with Crippen molar-refractivity contribution in [1.29, 1.82) is 0 Å². The highest BCUT2D eigenvalue weighted by atomic mass is 16.1. The number of rotatable bonds is 3. The van der Waals surface area contributed by atoms with E-state index in [2.05, 4.69) is 24.1 Å². The average Bonchev–Trinajstić information content (AvgIpc) is 2.39. The first kappa shape index (κ1) is 12.8. The molecule has 2 rings (SSSR count). The molecule has 1 aliphatic heterocycles. The molecular formula is C15H25NO. The molecule has 0 amide bonds. The van der Waals surface area contributed by atoms with E-state index in [-0.39, 0.29) is 0 Å². The Hall–Kier alpha value is -0.630. The number of carbonyl (C=O) groups is 1. The third-order valence-corrected chi connectivity index (χ3v) is 4.43. The van der Waals surface area contributed by atoms with Crippen LogP contribution < -0.4 is 0 Å². The van der Waals surface area contributed by atoms with Crippen LogP contribution in [0.15, 0.2) is 12.2 Å². The zero-order valence-corrected chi connectivity index (χ0v) is 11.0. The van der Waals surface area contributed by atoms with E-state index in [0.717, 1.165) is 31.0 Å². The van der Waals surface area contributed by atoms with E-state index in [1.54, 1.807) is 0 Å². The van der Waals surface area contributed by atoms with Crippen LogP contribution >= 0.6 is 0 Å². The molecule has 0 aromatic heterocycles. The molecule has 17 heavy (non-hydrogen) atoms. The van der Waals surface area contributed by atoms with Crippen LogP contribution in [0.3, 0.4) is 0 Å². The van der Waals surface area contributed by atoms with Crippen LogP contribution in [0.2, 0.25) is 0 Å². The van der Waals surface area contributed by atoms with E-state index in [4.69, 9.17) is 0 Å². The molecule has 2 nitrogen and oxygen atoms in total. The van der Waals surface area contributed by atoms with Crippen molar-refractivity contribution in [2.45, 2.75) is 38.5 Å². The molecule has 1 saturated heterocycles. The molecule has 0 spiro atoms. The van der Waals surface area contributed by atoms with Gasteiger partial charge >= 0.3 is 0 Å². The first-order valence-corrected chi connectivity index (χ1v) is 7.10. The van der Waals surface area contributed by atoms with Gasteiger partial charge in [-0.3, -0.25) is 0 Å². The lowest BCUT2D eigenvalue weighted by Gasteiger charge is -2.28. The second-order valence-electron chi connectivity index (χ2n) is 5.84. The van der Waals surface area contributed by atoms with Crippen LogP contribution in [-0.2, 0) is 4.79 Å². The Morgan fingerprint density at radius 1 is 0.824 bits per heavy atom. The number of aldehydes is 1. The van der Waals surface area contributed by atoms with E-state index in [9.17, 15) is 4.79 Å². The molecule has 1 aliphatic carbocycles. The van der Waals surface area contributed by atoms with E-state index >= 15 is 0 Å². The number of allylic oxidation sites excluding steroid dienone is 2. The van der Waals surface area contributed by atoms with Gasteiger partial charge in [0.25, 0.3) is 0 Å². The average molecular weight is 235 g/mol. The van der Waals surface area contributed by atoms with Crippen molar-refractivity contribution >= 4 is 6.29 Å². The summed E-state index contributed by atoms with van der Waals surface area (Å²) in [7, 11) is 2.21. The quantitative estimate of drug-likeness (QED) is 0.554. The van der Waals surface area contributed by atoms with Crippen LogP contribution in [0.1, 0.15) is 38.5 Å². The van der Waals surface area contributed by atoms with Crippen LogP contribution in [0.5, 0.6) is 0 Å². The first-order chi connectivity index (χ1) is 8.28. The SMILES string of the molecule is CN1CCC(C=CC2CCC(C=O)CC2)CC1. The molecule has 0 aromatic rings. The second-order valence-corrected chi connectivity index (χ2v) is 5.84. The lowest BCUT2D eigenvalue weighted by atomic mass is 9.82. The molecule has 2 fully saturated rings. The van der Waals surface area contributed by atoms with Crippen molar-refractivity contribution in [3.05, 3.63) is 12.2 Å². The molecule has 2 aliphatic rings. The third kappa shape index (κ3) is 3.95. The Kier molecular flexibility index (Phi) is 4.78. The van der Waals surface area contributed by atoms with Gasteiger partial charge in [0.15, 0.2) is 0 Å². The highest BCUT2D eigenvalue weighted by Gasteiger charge is 2.19. The van der Waals surface area contributed by atoms with Gasteiger partial charge in [0.2, 0.25) is 0 Å². The van der Waals surface area contributed by atoms with Gasteiger partial charge in [-0.15, -0.1) is 0 Å². The van der Waals surface area contributed by atoms with E-state index in [1.807, 2.05) is 0 Å². The first-order valence-electron chi connectivity index (χ1n) is 7.10. The van der Waals surface area contributed by atoms with Gasteiger partial charge in [-0.2, -0.15) is 0 Å². The van der Waals surface area contributed by atoms with Gasteiger partial charge in [0, 0.05) is 5.92 Å². The zero-order valence-electron chi connectivity index (χ0n) is 11.0. The summed E-state index contributed by atoms with van der Waals surface area (Å²) in [5, 5.41) is 0. The Morgan fingerprint density at radius 3 is 1.82 bits per heavy atom. The van der Waals surface area contributed by atoms with Gasteiger partial charge < -0.3 is 9.69 Å². The Morgan fingerprint density at radius 2 is 1.29 bits per heavy atom. The molecule has 0 unspecified atom stereocenters. The number of piperidine rings is 1. The number of likely N-dealkylation sites (tertiary alicyclic amines) is 1. The van der Waals surface area contributed by atoms with Crippen LogP contribution in [0, 0.1) is 17.8 Å². The van der Waals surface area contributed by atoms with Crippen molar-refractivity contribution in [1.82, 2.24) is 4.90 Å². The van der Waals surface area contributed by atoms with Gasteiger partial charge in [-0.1, -0.05) is 12.2 Å². The monoisotopic (exact) mass is 235 g/mol. The lowest BCUT2D eigenvalue weighted by Crippen LogP contribution is -2.29. The summed E-state index contributed by atoms with van der Waals surface area (Å²) in [6.45, 7) is 2.49. The normalized spacial score (nSPS) is 33.0. The summed E-state index contributed by atoms with van der Waals surface area (Å²) < 4.78 is 0. The Bertz CT molecular complexity index is 258. The molecule has 0 aromatic carbocycles. The highest BCUT2D eigenvalue weighted by Crippen LogP contribution is 2.29. The molecule has 96 valence electrons.